The van der Waals surface area contributed by atoms with Gasteiger partial charge in [-0.15, -0.1) is 0 Å². The van der Waals surface area contributed by atoms with Crippen LogP contribution in [0.2, 0.25) is 0 Å². The van der Waals surface area contributed by atoms with E-state index in [4.69, 9.17) is 4.74 Å². The molecule has 0 aromatic heterocycles. The molecule has 0 unspecified atom stereocenters. The van der Waals surface area contributed by atoms with Crippen LogP contribution < -0.4 is 4.74 Å². The first kappa shape index (κ1) is 11.3. The number of ether oxygens (including phenoxy) is 1. The second kappa shape index (κ2) is 4.78. The lowest BCUT2D eigenvalue weighted by Gasteiger charge is -2.07. The van der Waals surface area contributed by atoms with Crippen molar-refractivity contribution in [3.05, 3.63) is 48.0 Å². The third-order valence-electron chi connectivity index (χ3n) is 2.51. The minimum Gasteiger partial charge on any atom is -0.504 e. The minimum absolute atomic E-state index is 0.154. The summed E-state index contributed by atoms with van der Waals surface area (Å²) in [6.45, 7) is 2.09. The third-order valence-corrected chi connectivity index (χ3v) is 2.51. The lowest BCUT2D eigenvalue weighted by Crippen LogP contribution is -1.85. The van der Waals surface area contributed by atoms with Gasteiger partial charge < -0.3 is 14.9 Å². The molecule has 0 fully saturated rings. The first-order valence-electron chi connectivity index (χ1n) is 5.48. The molecule has 0 amide bonds. The van der Waals surface area contributed by atoms with Gasteiger partial charge in [0.15, 0.2) is 11.5 Å². The quantitative estimate of drug-likeness (QED) is 0.794. The van der Waals surface area contributed by atoms with Crippen LogP contribution in [0.5, 0.6) is 23.0 Å². The Balaban J connectivity index is 2.16. The highest BCUT2D eigenvalue weighted by molar-refractivity contribution is 5.45. The van der Waals surface area contributed by atoms with Gasteiger partial charge in [0, 0.05) is 6.07 Å². The van der Waals surface area contributed by atoms with E-state index in [1.165, 1.54) is 17.7 Å². The SMILES string of the molecule is CCc1ccc(Oc2ccc(O)c(O)c2)cc1. The van der Waals surface area contributed by atoms with E-state index >= 15 is 0 Å². The molecular weight excluding hydrogens is 216 g/mol. The minimum atomic E-state index is -0.187. The highest BCUT2D eigenvalue weighted by atomic mass is 16.5. The maximum absolute atomic E-state index is 9.33. The summed E-state index contributed by atoms with van der Waals surface area (Å²) in [5, 5.41) is 18.5. The zero-order valence-corrected chi connectivity index (χ0v) is 9.55. The molecule has 2 aromatic carbocycles. The largest absolute Gasteiger partial charge is 0.504 e. The van der Waals surface area contributed by atoms with Gasteiger partial charge in [-0.2, -0.15) is 0 Å². The predicted molar refractivity (Wildman–Crippen MR) is 65.7 cm³/mol. The van der Waals surface area contributed by atoms with E-state index < -0.39 is 0 Å². The van der Waals surface area contributed by atoms with Gasteiger partial charge in [-0.3, -0.25) is 0 Å². The van der Waals surface area contributed by atoms with Crippen LogP contribution in [0.4, 0.5) is 0 Å². The normalized spacial score (nSPS) is 10.2. The molecule has 3 heteroatoms. The molecular formula is C14H14O3. The number of hydrogen-bond donors (Lipinski definition) is 2. The molecule has 0 saturated carbocycles. The van der Waals surface area contributed by atoms with Gasteiger partial charge >= 0.3 is 0 Å². The van der Waals surface area contributed by atoms with Crippen LogP contribution in [0, 0.1) is 0 Å². The smallest absolute Gasteiger partial charge is 0.161 e. The van der Waals surface area contributed by atoms with E-state index in [0.717, 1.165) is 6.42 Å². The van der Waals surface area contributed by atoms with E-state index in [1.807, 2.05) is 24.3 Å². The summed E-state index contributed by atoms with van der Waals surface area (Å²) in [4.78, 5) is 0. The topological polar surface area (TPSA) is 49.7 Å². The number of aromatic hydroxyl groups is 2. The molecule has 0 spiro atoms. The summed E-state index contributed by atoms with van der Waals surface area (Å²) in [5.41, 5.74) is 1.24. The Bertz CT molecular complexity index is 503. The Labute approximate surface area is 99.9 Å². The standard InChI is InChI=1S/C14H14O3/c1-2-10-3-5-11(6-4-10)17-12-7-8-13(15)14(16)9-12/h3-9,15-16H,2H2,1H3. The van der Waals surface area contributed by atoms with E-state index in [2.05, 4.69) is 6.92 Å². The lowest BCUT2D eigenvalue weighted by atomic mass is 10.2. The molecule has 0 heterocycles. The van der Waals surface area contributed by atoms with Crippen molar-refractivity contribution in [3.8, 4) is 23.0 Å². The Morgan fingerprint density at radius 3 is 2.12 bits per heavy atom. The van der Waals surface area contributed by atoms with Gasteiger partial charge in [0.2, 0.25) is 0 Å². The van der Waals surface area contributed by atoms with Gasteiger partial charge in [-0.25, -0.2) is 0 Å². The van der Waals surface area contributed by atoms with Crippen LogP contribution in [0.25, 0.3) is 0 Å². The highest BCUT2D eigenvalue weighted by Gasteiger charge is 2.02. The van der Waals surface area contributed by atoms with Gasteiger partial charge in [-0.05, 0) is 36.2 Å². The number of hydrogen-bond acceptors (Lipinski definition) is 3. The number of phenols is 2. The summed E-state index contributed by atoms with van der Waals surface area (Å²) in [6.07, 6.45) is 0.986. The van der Waals surface area contributed by atoms with Crippen molar-refractivity contribution < 1.29 is 14.9 Å². The molecule has 0 atom stereocenters. The summed E-state index contributed by atoms with van der Waals surface area (Å²) in [7, 11) is 0. The Morgan fingerprint density at radius 1 is 0.882 bits per heavy atom. The van der Waals surface area contributed by atoms with Crippen molar-refractivity contribution in [1.82, 2.24) is 0 Å². The molecule has 0 aliphatic rings. The van der Waals surface area contributed by atoms with Crippen LogP contribution in [-0.4, -0.2) is 10.2 Å². The van der Waals surface area contributed by atoms with Crippen LogP contribution in [0.15, 0.2) is 42.5 Å². The van der Waals surface area contributed by atoms with Crippen molar-refractivity contribution >= 4 is 0 Å². The average Bonchev–Trinajstić information content (AvgIpc) is 2.35. The molecule has 17 heavy (non-hydrogen) atoms. The van der Waals surface area contributed by atoms with Crippen molar-refractivity contribution in [2.45, 2.75) is 13.3 Å². The second-order valence-electron chi connectivity index (χ2n) is 3.75. The molecule has 88 valence electrons. The third kappa shape index (κ3) is 2.69. The maximum Gasteiger partial charge on any atom is 0.161 e. The molecule has 0 bridgehead atoms. The fourth-order valence-corrected chi connectivity index (χ4v) is 1.50. The van der Waals surface area contributed by atoms with Crippen LogP contribution in [-0.2, 0) is 6.42 Å². The van der Waals surface area contributed by atoms with Gasteiger partial charge in [0.25, 0.3) is 0 Å². The molecule has 3 nitrogen and oxygen atoms in total. The number of aryl methyl sites for hydroxylation is 1. The fraction of sp³-hybridized carbons (Fsp3) is 0.143. The van der Waals surface area contributed by atoms with Gasteiger partial charge in [0.05, 0.1) is 0 Å². The Hall–Kier alpha value is -2.16. The zero-order chi connectivity index (χ0) is 12.3. The average molecular weight is 230 g/mol. The van der Waals surface area contributed by atoms with Crippen LogP contribution in [0.1, 0.15) is 12.5 Å². The van der Waals surface area contributed by atoms with Gasteiger partial charge in [-0.1, -0.05) is 19.1 Å². The van der Waals surface area contributed by atoms with Gasteiger partial charge in [0.1, 0.15) is 11.5 Å². The van der Waals surface area contributed by atoms with E-state index in [1.54, 1.807) is 6.07 Å². The van der Waals surface area contributed by atoms with Crippen molar-refractivity contribution in [1.29, 1.82) is 0 Å². The summed E-state index contributed by atoms with van der Waals surface area (Å²) >= 11 is 0. The highest BCUT2D eigenvalue weighted by Crippen LogP contribution is 2.31. The molecule has 0 radical (unpaired) electrons. The van der Waals surface area contributed by atoms with E-state index in [0.29, 0.717) is 11.5 Å². The summed E-state index contributed by atoms with van der Waals surface area (Å²) in [6, 6.07) is 12.1. The monoisotopic (exact) mass is 230 g/mol. The lowest BCUT2D eigenvalue weighted by molar-refractivity contribution is 0.398. The molecule has 2 aromatic rings. The maximum atomic E-state index is 9.33. The van der Waals surface area contributed by atoms with Crippen molar-refractivity contribution in [2.75, 3.05) is 0 Å². The summed E-state index contributed by atoms with van der Waals surface area (Å²) < 4.78 is 5.54. The Kier molecular flexibility index (Phi) is 3.19. The first-order chi connectivity index (χ1) is 8.19. The molecule has 0 aliphatic carbocycles. The fourth-order valence-electron chi connectivity index (χ4n) is 1.50. The first-order valence-corrected chi connectivity index (χ1v) is 5.48. The number of rotatable bonds is 3. The predicted octanol–water partition coefficient (Wildman–Crippen LogP) is 3.45. The summed E-state index contributed by atoms with van der Waals surface area (Å²) in [5.74, 6) is 0.850. The van der Waals surface area contributed by atoms with Crippen molar-refractivity contribution in [3.63, 3.8) is 0 Å². The van der Waals surface area contributed by atoms with E-state index in [-0.39, 0.29) is 11.5 Å². The molecule has 0 aliphatic heterocycles. The van der Waals surface area contributed by atoms with E-state index in [9.17, 15) is 10.2 Å². The second-order valence-corrected chi connectivity index (χ2v) is 3.75. The zero-order valence-electron chi connectivity index (χ0n) is 9.55. The Morgan fingerprint density at radius 2 is 1.53 bits per heavy atom. The van der Waals surface area contributed by atoms with Crippen molar-refractivity contribution in [2.24, 2.45) is 0 Å². The van der Waals surface area contributed by atoms with Crippen LogP contribution >= 0.6 is 0 Å². The number of benzene rings is 2. The molecule has 2 rings (SSSR count). The molecule has 0 saturated heterocycles. The molecule has 2 N–H and O–H groups in total. The number of phenolic OH excluding ortho intramolecular Hbond substituents is 2. The van der Waals surface area contributed by atoms with Crippen LogP contribution in [0.3, 0.4) is 0 Å².